The Hall–Kier alpha value is -1.09. The van der Waals surface area contributed by atoms with Crippen LogP contribution in [0.4, 0.5) is 5.69 Å². The molecule has 0 unspecified atom stereocenters. The lowest BCUT2D eigenvalue weighted by atomic mass is 10.3. The predicted molar refractivity (Wildman–Crippen MR) is 83.5 cm³/mol. The second kappa shape index (κ2) is 6.13. The van der Waals surface area contributed by atoms with Crippen molar-refractivity contribution in [3.63, 3.8) is 0 Å². The van der Waals surface area contributed by atoms with Crippen molar-refractivity contribution in [1.82, 2.24) is 4.72 Å². The summed E-state index contributed by atoms with van der Waals surface area (Å²) >= 11 is 4.80. The Bertz CT molecular complexity index is 713. The monoisotopic (exact) mass is 376 g/mol. The minimum Gasteiger partial charge on any atom is -0.495 e. The van der Waals surface area contributed by atoms with Gasteiger partial charge in [-0.25, -0.2) is 13.1 Å². The van der Waals surface area contributed by atoms with E-state index in [0.29, 0.717) is 11.4 Å². The molecule has 0 bridgehead atoms. The van der Waals surface area contributed by atoms with Crippen LogP contribution in [0.15, 0.2) is 39.0 Å². The Kier molecular flexibility index (Phi) is 4.69. The van der Waals surface area contributed by atoms with Gasteiger partial charge in [-0.15, -0.1) is 11.3 Å². The zero-order chi connectivity index (χ0) is 14.8. The third-order valence-corrected chi connectivity index (χ3v) is 5.67. The number of rotatable bonds is 5. The van der Waals surface area contributed by atoms with E-state index < -0.39 is 10.0 Å². The first-order chi connectivity index (χ1) is 9.42. The van der Waals surface area contributed by atoms with E-state index >= 15 is 0 Å². The number of ether oxygens (including phenoxy) is 1. The molecule has 2 aromatic rings. The summed E-state index contributed by atoms with van der Waals surface area (Å²) in [5.41, 5.74) is 6.06. The fraction of sp³-hybridized carbons (Fsp3) is 0.167. The molecule has 3 N–H and O–H groups in total. The number of methoxy groups -OCH3 is 1. The zero-order valence-electron chi connectivity index (χ0n) is 10.6. The van der Waals surface area contributed by atoms with Crippen molar-refractivity contribution in [3.05, 3.63) is 39.0 Å². The molecule has 0 amide bonds. The van der Waals surface area contributed by atoms with E-state index in [-0.39, 0.29) is 11.4 Å². The van der Waals surface area contributed by atoms with Crippen molar-refractivity contribution in [2.45, 2.75) is 11.4 Å². The Labute approximate surface area is 129 Å². The summed E-state index contributed by atoms with van der Waals surface area (Å²) < 4.78 is 32.9. The summed E-state index contributed by atoms with van der Waals surface area (Å²) in [6.07, 6.45) is 0. The molecule has 0 saturated heterocycles. The van der Waals surface area contributed by atoms with E-state index in [1.54, 1.807) is 0 Å². The molecule has 5 nitrogen and oxygen atoms in total. The van der Waals surface area contributed by atoms with Gasteiger partial charge in [0.2, 0.25) is 10.0 Å². The zero-order valence-corrected chi connectivity index (χ0v) is 13.8. The van der Waals surface area contributed by atoms with Crippen LogP contribution in [0.2, 0.25) is 0 Å². The molecule has 1 aromatic heterocycles. The summed E-state index contributed by atoms with van der Waals surface area (Å²) in [6, 6.07) is 6.23. The van der Waals surface area contributed by atoms with Gasteiger partial charge in [0.1, 0.15) is 5.75 Å². The number of nitrogens with one attached hydrogen (secondary N) is 1. The molecule has 0 aliphatic carbocycles. The van der Waals surface area contributed by atoms with Gasteiger partial charge in [-0.2, -0.15) is 0 Å². The van der Waals surface area contributed by atoms with Gasteiger partial charge >= 0.3 is 0 Å². The average Bonchev–Trinajstić information content (AvgIpc) is 2.83. The van der Waals surface area contributed by atoms with Crippen molar-refractivity contribution in [3.8, 4) is 5.75 Å². The van der Waals surface area contributed by atoms with Crippen LogP contribution in [0.3, 0.4) is 0 Å². The molecule has 2 rings (SSSR count). The van der Waals surface area contributed by atoms with Gasteiger partial charge in [0.15, 0.2) is 0 Å². The highest BCUT2D eigenvalue weighted by Crippen LogP contribution is 2.25. The number of hydrogen-bond donors (Lipinski definition) is 2. The van der Waals surface area contributed by atoms with Gasteiger partial charge < -0.3 is 10.5 Å². The summed E-state index contributed by atoms with van der Waals surface area (Å²) in [4.78, 5) is 1.04. The quantitative estimate of drug-likeness (QED) is 0.785. The molecular weight excluding hydrogens is 364 g/mol. The first-order valence-electron chi connectivity index (χ1n) is 5.58. The van der Waals surface area contributed by atoms with Crippen LogP contribution >= 0.6 is 27.3 Å². The van der Waals surface area contributed by atoms with Gasteiger partial charge in [-0.3, -0.25) is 0 Å². The summed E-state index contributed by atoms with van der Waals surface area (Å²) in [5.74, 6) is 0.340. The fourth-order valence-electron chi connectivity index (χ4n) is 1.55. The van der Waals surface area contributed by atoms with Crippen LogP contribution < -0.4 is 15.2 Å². The van der Waals surface area contributed by atoms with Crippen molar-refractivity contribution < 1.29 is 13.2 Å². The maximum atomic E-state index is 12.2. The molecule has 20 heavy (non-hydrogen) atoms. The van der Waals surface area contributed by atoms with E-state index in [1.807, 2.05) is 11.4 Å². The number of nitrogen functional groups attached to an aromatic ring is 1. The van der Waals surface area contributed by atoms with Gasteiger partial charge in [-0.1, -0.05) is 0 Å². The van der Waals surface area contributed by atoms with Crippen molar-refractivity contribution >= 4 is 43.0 Å². The Morgan fingerprint density at radius 3 is 2.75 bits per heavy atom. The van der Waals surface area contributed by atoms with Gasteiger partial charge in [-0.05, 0) is 34.1 Å². The molecule has 0 radical (unpaired) electrons. The van der Waals surface area contributed by atoms with Crippen molar-refractivity contribution in [2.75, 3.05) is 12.8 Å². The first-order valence-corrected chi connectivity index (χ1v) is 8.74. The highest BCUT2D eigenvalue weighted by Gasteiger charge is 2.16. The molecule has 1 heterocycles. The van der Waals surface area contributed by atoms with Gasteiger partial charge in [0.25, 0.3) is 0 Å². The van der Waals surface area contributed by atoms with E-state index in [2.05, 4.69) is 20.7 Å². The van der Waals surface area contributed by atoms with Gasteiger partial charge in [0.05, 0.1) is 17.7 Å². The lowest BCUT2D eigenvalue weighted by molar-refractivity contribution is 0.415. The molecule has 0 saturated carbocycles. The number of thiophene rings is 1. The van der Waals surface area contributed by atoms with E-state index in [1.165, 1.54) is 36.6 Å². The van der Waals surface area contributed by atoms with Crippen molar-refractivity contribution in [2.24, 2.45) is 0 Å². The Balaban J connectivity index is 2.17. The average molecular weight is 377 g/mol. The van der Waals surface area contributed by atoms with E-state index in [4.69, 9.17) is 10.5 Å². The third kappa shape index (κ3) is 3.51. The second-order valence-electron chi connectivity index (χ2n) is 3.96. The molecular formula is C12H13BrN2O3S2. The van der Waals surface area contributed by atoms with Crippen LogP contribution in [0, 0.1) is 0 Å². The fourth-order valence-corrected chi connectivity index (χ4v) is 4.06. The van der Waals surface area contributed by atoms with E-state index in [9.17, 15) is 8.42 Å². The lowest BCUT2D eigenvalue weighted by Crippen LogP contribution is -2.22. The molecule has 1 aromatic carbocycles. The highest BCUT2D eigenvalue weighted by atomic mass is 79.9. The number of halogens is 1. The topological polar surface area (TPSA) is 81.4 Å². The summed E-state index contributed by atoms with van der Waals surface area (Å²) in [5, 5.41) is 1.90. The van der Waals surface area contributed by atoms with Gasteiger partial charge in [0, 0.05) is 27.3 Å². The smallest absolute Gasteiger partial charge is 0.241 e. The molecule has 0 atom stereocenters. The number of anilines is 1. The largest absolute Gasteiger partial charge is 0.495 e. The Morgan fingerprint density at radius 1 is 1.40 bits per heavy atom. The molecule has 8 heteroatoms. The van der Waals surface area contributed by atoms with Crippen LogP contribution in [0.5, 0.6) is 5.75 Å². The first kappa shape index (κ1) is 15.3. The van der Waals surface area contributed by atoms with Crippen LogP contribution in [0.25, 0.3) is 0 Å². The molecule has 0 spiro atoms. The van der Waals surface area contributed by atoms with Crippen LogP contribution in [-0.2, 0) is 16.6 Å². The molecule has 0 aliphatic rings. The van der Waals surface area contributed by atoms with Crippen molar-refractivity contribution in [1.29, 1.82) is 0 Å². The highest BCUT2D eigenvalue weighted by molar-refractivity contribution is 9.10. The predicted octanol–water partition coefficient (Wildman–Crippen LogP) is 2.58. The molecule has 108 valence electrons. The lowest BCUT2D eigenvalue weighted by Gasteiger charge is -2.09. The summed E-state index contributed by atoms with van der Waals surface area (Å²) in [7, 11) is -2.15. The number of benzene rings is 1. The minimum absolute atomic E-state index is 0.124. The number of sulfonamides is 1. The van der Waals surface area contributed by atoms with Crippen LogP contribution in [0.1, 0.15) is 4.88 Å². The molecule has 0 aliphatic heterocycles. The third-order valence-electron chi connectivity index (χ3n) is 2.57. The van der Waals surface area contributed by atoms with E-state index in [0.717, 1.165) is 9.35 Å². The summed E-state index contributed by atoms with van der Waals surface area (Å²) in [6.45, 7) is 0.241. The normalized spacial score (nSPS) is 11.5. The maximum Gasteiger partial charge on any atom is 0.241 e. The number of nitrogens with two attached hydrogens (primary N) is 1. The SMILES string of the molecule is COc1cc(S(=O)(=O)NCc2cc(Br)cs2)ccc1N. The van der Waals surface area contributed by atoms with Crippen LogP contribution in [-0.4, -0.2) is 15.5 Å². The molecule has 0 fully saturated rings. The number of hydrogen-bond acceptors (Lipinski definition) is 5. The standard InChI is InChI=1S/C12H13BrN2O3S2/c1-18-12-5-10(2-3-11(12)14)20(16,17)15-6-9-4-8(13)7-19-9/h2-5,7,15H,6,14H2,1H3. The second-order valence-corrected chi connectivity index (χ2v) is 7.64. The minimum atomic E-state index is -3.59. The Morgan fingerprint density at radius 2 is 2.15 bits per heavy atom. The maximum absolute atomic E-state index is 12.2.